The summed E-state index contributed by atoms with van der Waals surface area (Å²) in [7, 11) is 1.87. The molecule has 0 radical (unpaired) electrons. The van der Waals surface area contributed by atoms with Gasteiger partial charge in [-0.25, -0.2) is 4.68 Å². The first-order valence-corrected chi connectivity index (χ1v) is 10.3. The summed E-state index contributed by atoms with van der Waals surface area (Å²) in [5, 5.41) is 19.3. The van der Waals surface area contributed by atoms with Crippen LogP contribution in [0.15, 0.2) is 18.9 Å². The van der Waals surface area contributed by atoms with Crippen LogP contribution in [0.25, 0.3) is 0 Å². The van der Waals surface area contributed by atoms with Crippen molar-refractivity contribution in [3.63, 3.8) is 0 Å². The quantitative estimate of drug-likeness (QED) is 0.686. The van der Waals surface area contributed by atoms with E-state index in [-0.39, 0.29) is 11.8 Å². The van der Waals surface area contributed by atoms with E-state index in [9.17, 15) is 9.90 Å². The zero-order chi connectivity index (χ0) is 19.0. The Bertz CT molecular complexity index is 696. The summed E-state index contributed by atoms with van der Waals surface area (Å²) >= 11 is 0. The number of quaternary nitrogens is 1. The van der Waals surface area contributed by atoms with Crippen molar-refractivity contribution in [2.24, 2.45) is 11.8 Å². The zero-order valence-electron chi connectivity index (χ0n) is 16.3. The largest absolute Gasteiger partial charge is 0.383 e. The average molecular weight is 375 g/mol. The lowest BCUT2D eigenvalue weighted by molar-refractivity contribution is -0.945. The van der Waals surface area contributed by atoms with Gasteiger partial charge in [0.05, 0.1) is 31.7 Å². The molecule has 4 heterocycles. The number of amides is 1. The lowest BCUT2D eigenvalue weighted by atomic mass is 9.75. The summed E-state index contributed by atoms with van der Waals surface area (Å²) < 4.78 is 1.91. The molecule has 0 aromatic carbocycles. The molecular weight excluding hydrogens is 342 g/mol. The molecule has 1 saturated carbocycles. The molecule has 1 aromatic rings. The van der Waals surface area contributed by atoms with Crippen LogP contribution in [0.4, 0.5) is 0 Å². The molecule has 0 spiro atoms. The van der Waals surface area contributed by atoms with E-state index in [1.54, 1.807) is 11.0 Å². The van der Waals surface area contributed by atoms with Gasteiger partial charge in [0.2, 0.25) is 5.91 Å². The molecule has 2 N–H and O–H groups in total. The Morgan fingerprint density at radius 1 is 1.52 bits per heavy atom. The molecule has 1 amide bonds. The first-order chi connectivity index (χ1) is 13.0. The Balaban J connectivity index is 1.39. The third-order valence-corrected chi connectivity index (χ3v) is 7.00. The molecule has 1 aliphatic carbocycles. The van der Waals surface area contributed by atoms with Crippen LogP contribution < -0.4 is 4.90 Å². The molecule has 5 rings (SSSR count). The minimum Gasteiger partial charge on any atom is -0.383 e. The molecule has 27 heavy (non-hydrogen) atoms. The topological polar surface area (TPSA) is 75.7 Å². The normalized spacial score (nSPS) is 31.8. The second kappa shape index (κ2) is 7.36. The van der Waals surface area contributed by atoms with Crippen molar-refractivity contribution >= 4 is 5.91 Å². The highest BCUT2D eigenvalue weighted by Gasteiger charge is 2.47. The highest BCUT2D eigenvalue weighted by atomic mass is 16.3. The van der Waals surface area contributed by atoms with Gasteiger partial charge in [0.1, 0.15) is 17.3 Å². The van der Waals surface area contributed by atoms with Crippen molar-refractivity contribution in [3.8, 4) is 0 Å². The summed E-state index contributed by atoms with van der Waals surface area (Å²) in [6.07, 6.45) is 9.61. The van der Waals surface area contributed by atoms with Gasteiger partial charge in [-0.15, -0.1) is 11.7 Å². The van der Waals surface area contributed by atoms with Crippen LogP contribution in [0.3, 0.4) is 0 Å². The van der Waals surface area contributed by atoms with Crippen molar-refractivity contribution in [1.29, 1.82) is 0 Å². The summed E-state index contributed by atoms with van der Waals surface area (Å²) in [6.45, 7) is 7.22. The van der Waals surface area contributed by atoms with Crippen LogP contribution in [0.2, 0.25) is 0 Å². The maximum Gasteiger partial charge on any atom is 0.231 e. The van der Waals surface area contributed by atoms with Crippen molar-refractivity contribution in [2.75, 3.05) is 26.7 Å². The Kier molecular flexibility index (Phi) is 5.07. The first kappa shape index (κ1) is 18.6. The molecule has 7 heteroatoms. The van der Waals surface area contributed by atoms with E-state index >= 15 is 0 Å². The number of rotatable bonds is 6. The number of aliphatic hydroxyl groups is 1. The summed E-state index contributed by atoms with van der Waals surface area (Å²) in [6, 6.07) is 0.477. The van der Waals surface area contributed by atoms with Gasteiger partial charge < -0.3 is 14.9 Å². The maximum absolute atomic E-state index is 12.7. The molecule has 4 aliphatic rings. The van der Waals surface area contributed by atoms with Crippen LogP contribution in [0, 0.1) is 11.8 Å². The minimum absolute atomic E-state index is 0.139. The van der Waals surface area contributed by atoms with E-state index in [4.69, 9.17) is 0 Å². The number of nitrogens with one attached hydrogen (secondary N) is 1. The number of aromatic nitrogens is 3. The Morgan fingerprint density at radius 2 is 2.30 bits per heavy atom. The van der Waals surface area contributed by atoms with Crippen LogP contribution in [0.1, 0.15) is 44.2 Å². The number of hydrogen-bond donors (Lipinski definition) is 2. The highest BCUT2D eigenvalue weighted by Crippen LogP contribution is 2.37. The van der Waals surface area contributed by atoms with E-state index in [0.29, 0.717) is 18.5 Å². The van der Waals surface area contributed by atoms with Gasteiger partial charge in [-0.05, 0) is 18.8 Å². The smallest absolute Gasteiger partial charge is 0.231 e. The predicted octanol–water partition coefficient (Wildman–Crippen LogP) is -0.0226. The van der Waals surface area contributed by atoms with Gasteiger partial charge in [0, 0.05) is 26.4 Å². The van der Waals surface area contributed by atoms with Crippen LogP contribution in [-0.2, 0) is 16.9 Å². The van der Waals surface area contributed by atoms with Gasteiger partial charge in [0.15, 0.2) is 0 Å². The second-order valence-electron chi connectivity index (χ2n) is 8.77. The van der Waals surface area contributed by atoms with E-state index in [1.807, 2.05) is 17.9 Å². The van der Waals surface area contributed by atoms with Crippen LogP contribution in [0.5, 0.6) is 0 Å². The summed E-state index contributed by atoms with van der Waals surface area (Å²) in [4.78, 5) is 16.1. The van der Waals surface area contributed by atoms with Crippen molar-refractivity contribution < 1.29 is 14.8 Å². The molecule has 1 aromatic heterocycles. The van der Waals surface area contributed by atoms with Gasteiger partial charge in [-0.2, -0.15) is 0 Å². The van der Waals surface area contributed by atoms with Crippen LogP contribution in [-0.4, -0.2) is 63.6 Å². The fraction of sp³-hybridized carbons (Fsp3) is 0.750. The number of fused-ring (bicyclic) bond motifs is 3. The molecule has 4 fully saturated rings. The van der Waals surface area contributed by atoms with E-state index in [1.165, 1.54) is 4.90 Å². The molecule has 4 atom stereocenters. The standard InChI is InChI=1S/C20H31N5O2/c1-3-9-23(2)19(26)17-13-24-10-6-15(17)11-16(24)12-25-14-18(21-22-25)20(27)7-4-5-8-20/h3,14-17,27H,1,4-13H2,2H3/p+1/t15-,16-,17+/m1/s1. The van der Waals surface area contributed by atoms with Gasteiger partial charge in [-0.3, -0.25) is 4.79 Å². The third-order valence-electron chi connectivity index (χ3n) is 7.00. The highest BCUT2D eigenvalue weighted by molar-refractivity contribution is 5.79. The Morgan fingerprint density at radius 3 is 2.96 bits per heavy atom. The van der Waals surface area contributed by atoms with E-state index in [2.05, 4.69) is 16.9 Å². The summed E-state index contributed by atoms with van der Waals surface area (Å²) in [5.74, 6) is 0.872. The SMILES string of the molecule is C=CCN(C)C(=O)[C@H]1C[NH+]2CC[C@@H]1C[C@@H]2Cn1cc(C2(O)CCCC2)nn1. The fourth-order valence-electron chi connectivity index (χ4n) is 5.41. The monoisotopic (exact) mass is 374 g/mol. The van der Waals surface area contributed by atoms with Gasteiger partial charge in [-0.1, -0.05) is 24.1 Å². The molecule has 2 bridgehead atoms. The molecule has 1 unspecified atom stereocenters. The minimum atomic E-state index is -0.774. The fourth-order valence-corrected chi connectivity index (χ4v) is 5.41. The molecule has 3 aliphatic heterocycles. The average Bonchev–Trinajstić information content (AvgIpc) is 3.32. The number of hydrogen-bond acceptors (Lipinski definition) is 4. The van der Waals surface area contributed by atoms with Gasteiger partial charge in [0.25, 0.3) is 0 Å². The molecule has 148 valence electrons. The number of likely N-dealkylation sites (N-methyl/N-ethyl adjacent to an activating group) is 1. The van der Waals surface area contributed by atoms with Gasteiger partial charge >= 0.3 is 0 Å². The van der Waals surface area contributed by atoms with E-state index in [0.717, 1.165) is 63.9 Å². The zero-order valence-corrected chi connectivity index (χ0v) is 16.3. The van der Waals surface area contributed by atoms with Crippen molar-refractivity contribution in [2.45, 2.75) is 56.7 Å². The predicted molar refractivity (Wildman–Crippen MR) is 101 cm³/mol. The van der Waals surface area contributed by atoms with Crippen LogP contribution >= 0.6 is 0 Å². The molecule has 3 saturated heterocycles. The maximum atomic E-state index is 12.7. The first-order valence-electron chi connectivity index (χ1n) is 10.3. The van der Waals surface area contributed by atoms with E-state index < -0.39 is 5.60 Å². The molecular formula is C20H32N5O2+. The number of nitrogens with zero attached hydrogens (tertiary/aromatic N) is 4. The second-order valence-corrected chi connectivity index (χ2v) is 8.77. The van der Waals surface area contributed by atoms with Crippen molar-refractivity contribution in [3.05, 3.63) is 24.5 Å². The number of carbonyl (C=O) groups is 1. The lowest BCUT2D eigenvalue weighted by Gasteiger charge is -2.46. The van der Waals surface area contributed by atoms with Crippen molar-refractivity contribution in [1.82, 2.24) is 19.9 Å². The number of piperidine rings is 3. The third kappa shape index (κ3) is 3.55. The Hall–Kier alpha value is -1.73. The Labute approximate surface area is 161 Å². The number of carbonyl (C=O) groups excluding carboxylic acids is 1. The molecule has 7 nitrogen and oxygen atoms in total. The summed E-state index contributed by atoms with van der Waals surface area (Å²) in [5.41, 5.74) is -0.0467. The lowest BCUT2D eigenvalue weighted by Crippen LogP contribution is -3.20.